The average molecular weight is 336 g/mol. The van der Waals surface area contributed by atoms with E-state index in [1.807, 2.05) is 6.07 Å². The van der Waals surface area contributed by atoms with Gasteiger partial charge in [-0.3, -0.25) is 9.79 Å². The Morgan fingerprint density at radius 2 is 2.08 bits per heavy atom. The van der Waals surface area contributed by atoms with Crippen molar-refractivity contribution in [2.24, 2.45) is 10.9 Å². The number of carbonyl (C=O) groups is 1. The average Bonchev–Trinajstić information content (AvgIpc) is 2.53. The molecule has 1 aliphatic carbocycles. The first-order valence-corrected chi connectivity index (χ1v) is 7.66. The molecule has 2 aliphatic rings. The van der Waals surface area contributed by atoms with E-state index in [2.05, 4.69) is 4.99 Å². The van der Waals surface area contributed by atoms with Crippen LogP contribution in [0.1, 0.15) is 42.7 Å². The lowest BCUT2D eigenvalue weighted by Gasteiger charge is -2.41. The number of aliphatic imine (C=N–C) groups is 1. The van der Waals surface area contributed by atoms with Gasteiger partial charge in [-0.25, -0.2) is 0 Å². The molecular formula is C17H15F3N2O2. The van der Waals surface area contributed by atoms with Gasteiger partial charge in [-0.05, 0) is 30.5 Å². The molecule has 3 rings (SSSR count). The van der Waals surface area contributed by atoms with Gasteiger partial charge in [0.25, 0.3) is 5.72 Å². The van der Waals surface area contributed by atoms with Crippen molar-refractivity contribution in [3.05, 3.63) is 35.4 Å². The Bertz CT molecular complexity index is 751. The fourth-order valence-corrected chi connectivity index (χ4v) is 3.56. The number of alkyl halides is 3. The van der Waals surface area contributed by atoms with E-state index >= 15 is 0 Å². The number of carbonyl (C=O) groups excluding carboxylic acids is 1. The Morgan fingerprint density at radius 1 is 1.33 bits per heavy atom. The normalized spacial score (nSPS) is 30.3. The third-order valence-corrected chi connectivity index (χ3v) is 4.70. The van der Waals surface area contributed by atoms with Gasteiger partial charge < -0.3 is 5.11 Å². The lowest BCUT2D eigenvalue weighted by Crippen LogP contribution is -2.52. The molecule has 4 nitrogen and oxygen atoms in total. The second kappa shape index (κ2) is 5.71. The van der Waals surface area contributed by atoms with Crippen LogP contribution in [-0.2, 0) is 4.79 Å². The maximum absolute atomic E-state index is 13.3. The molecular weight excluding hydrogens is 321 g/mol. The molecule has 3 atom stereocenters. The summed E-state index contributed by atoms with van der Waals surface area (Å²) in [5.41, 5.74) is -2.33. The minimum absolute atomic E-state index is 0.115. The van der Waals surface area contributed by atoms with Crippen LogP contribution >= 0.6 is 0 Å². The molecule has 1 saturated carbocycles. The molecule has 1 aromatic rings. The molecule has 1 N–H and O–H groups in total. The molecule has 1 aromatic carbocycles. The lowest BCUT2D eigenvalue weighted by atomic mass is 9.69. The number of hydrogen-bond donors (Lipinski definition) is 1. The highest BCUT2D eigenvalue weighted by Crippen LogP contribution is 2.48. The Hall–Kier alpha value is -2.20. The SMILES string of the molecule is N#Cc1cccc([C@@H]2CC(O)(C(F)(F)F)N=C3CCCC(=O)C32)c1. The number of rotatable bonds is 1. The summed E-state index contributed by atoms with van der Waals surface area (Å²) in [6.45, 7) is 0. The largest absolute Gasteiger partial charge is 0.438 e. The van der Waals surface area contributed by atoms with Gasteiger partial charge in [0.1, 0.15) is 5.78 Å². The van der Waals surface area contributed by atoms with E-state index in [9.17, 15) is 23.1 Å². The Kier molecular flexibility index (Phi) is 3.96. The van der Waals surface area contributed by atoms with Crippen LogP contribution in [0.25, 0.3) is 0 Å². The van der Waals surface area contributed by atoms with E-state index in [-0.39, 0.29) is 17.9 Å². The molecule has 0 bridgehead atoms. The van der Waals surface area contributed by atoms with Gasteiger partial charge >= 0.3 is 6.18 Å². The van der Waals surface area contributed by atoms with Gasteiger partial charge in [0.2, 0.25) is 0 Å². The maximum atomic E-state index is 13.3. The maximum Gasteiger partial charge on any atom is 0.438 e. The molecule has 24 heavy (non-hydrogen) atoms. The number of nitrogens with zero attached hydrogens (tertiary/aromatic N) is 2. The summed E-state index contributed by atoms with van der Waals surface area (Å²) in [6, 6.07) is 8.12. The van der Waals surface area contributed by atoms with E-state index in [1.54, 1.807) is 18.2 Å². The number of nitriles is 1. The number of benzene rings is 1. The van der Waals surface area contributed by atoms with E-state index in [0.29, 0.717) is 24.0 Å². The van der Waals surface area contributed by atoms with Gasteiger partial charge in [-0.1, -0.05) is 12.1 Å². The van der Waals surface area contributed by atoms with E-state index in [1.165, 1.54) is 6.07 Å². The van der Waals surface area contributed by atoms with Crippen molar-refractivity contribution in [1.82, 2.24) is 0 Å². The number of halogens is 3. The number of fused-ring (bicyclic) bond motifs is 1. The number of Topliss-reactive ketones (excluding diaryl/α,β-unsaturated/α-hetero) is 1. The molecule has 0 radical (unpaired) electrons. The lowest BCUT2D eigenvalue weighted by molar-refractivity contribution is -0.263. The van der Waals surface area contributed by atoms with Crippen molar-refractivity contribution in [1.29, 1.82) is 5.26 Å². The quantitative estimate of drug-likeness (QED) is 0.856. The molecule has 1 aliphatic heterocycles. The fraction of sp³-hybridized carbons (Fsp3) is 0.471. The van der Waals surface area contributed by atoms with Crippen LogP contribution in [0.2, 0.25) is 0 Å². The first-order valence-electron chi connectivity index (χ1n) is 7.66. The summed E-state index contributed by atoms with van der Waals surface area (Å²) in [5, 5.41) is 19.1. The number of ketones is 1. The van der Waals surface area contributed by atoms with Gasteiger partial charge in [0.05, 0.1) is 17.6 Å². The summed E-state index contributed by atoms with van der Waals surface area (Å²) in [7, 11) is 0. The Morgan fingerprint density at radius 3 is 2.75 bits per heavy atom. The molecule has 0 amide bonds. The van der Waals surface area contributed by atoms with E-state index in [4.69, 9.17) is 5.26 Å². The summed E-state index contributed by atoms with van der Waals surface area (Å²) < 4.78 is 40.0. The molecule has 1 fully saturated rings. The molecule has 0 spiro atoms. The third-order valence-electron chi connectivity index (χ3n) is 4.70. The van der Waals surface area contributed by atoms with E-state index < -0.39 is 30.2 Å². The van der Waals surface area contributed by atoms with Crippen LogP contribution in [0, 0.1) is 17.2 Å². The molecule has 0 aromatic heterocycles. The second-order valence-electron chi connectivity index (χ2n) is 6.26. The molecule has 0 saturated heterocycles. The van der Waals surface area contributed by atoms with Gasteiger partial charge in [0, 0.05) is 24.5 Å². The summed E-state index contributed by atoms with van der Waals surface area (Å²) in [4.78, 5) is 15.9. The van der Waals surface area contributed by atoms with Gasteiger partial charge in [0.15, 0.2) is 0 Å². The predicted molar refractivity (Wildman–Crippen MR) is 79.3 cm³/mol. The van der Waals surface area contributed by atoms with Crippen LogP contribution in [0.5, 0.6) is 0 Å². The number of hydrogen-bond acceptors (Lipinski definition) is 4. The zero-order chi connectivity index (χ0) is 17.5. The summed E-state index contributed by atoms with van der Waals surface area (Å²) in [6.07, 6.45) is -4.64. The predicted octanol–water partition coefficient (Wildman–Crippen LogP) is 3.11. The monoisotopic (exact) mass is 336 g/mol. The van der Waals surface area contributed by atoms with Crippen molar-refractivity contribution in [3.8, 4) is 6.07 Å². The van der Waals surface area contributed by atoms with Crippen LogP contribution < -0.4 is 0 Å². The number of aliphatic hydroxyl groups is 1. The fourth-order valence-electron chi connectivity index (χ4n) is 3.56. The first-order chi connectivity index (χ1) is 11.2. The highest BCUT2D eigenvalue weighted by molar-refractivity contribution is 6.08. The smallest absolute Gasteiger partial charge is 0.362 e. The van der Waals surface area contributed by atoms with E-state index in [0.717, 1.165) is 0 Å². The Labute approximate surface area is 136 Å². The van der Waals surface area contributed by atoms with Crippen LogP contribution in [0.4, 0.5) is 13.2 Å². The topological polar surface area (TPSA) is 73.4 Å². The zero-order valence-electron chi connectivity index (χ0n) is 12.7. The molecule has 126 valence electrons. The standard InChI is InChI=1S/C17H15F3N2O2/c18-17(19,20)16(24)8-12(11-4-1-3-10(7-11)9-21)15-13(22-16)5-2-6-14(15)23/h1,3-4,7,12,15,24H,2,5-6,8H2/t12-,15?,16?/m0/s1. The third kappa shape index (κ3) is 2.71. The Balaban J connectivity index is 2.11. The first kappa shape index (κ1) is 16.7. The van der Waals surface area contributed by atoms with Crippen molar-refractivity contribution in [3.63, 3.8) is 0 Å². The second-order valence-corrected chi connectivity index (χ2v) is 6.26. The summed E-state index contributed by atoms with van der Waals surface area (Å²) >= 11 is 0. The highest BCUT2D eigenvalue weighted by atomic mass is 19.4. The molecule has 2 unspecified atom stereocenters. The van der Waals surface area contributed by atoms with Gasteiger partial charge in [-0.2, -0.15) is 18.4 Å². The minimum atomic E-state index is -4.92. The minimum Gasteiger partial charge on any atom is -0.362 e. The van der Waals surface area contributed by atoms with Crippen molar-refractivity contribution in [2.75, 3.05) is 0 Å². The highest BCUT2D eigenvalue weighted by Gasteiger charge is 2.59. The van der Waals surface area contributed by atoms with Crippen LogP contribution in [-0.4, -0.2) is 28.5 Å². The van der Waals surface area contributed by atoms with Crippen molar-refractivity contribution >= 4 is 11.5 Å². The van der Waals surface area contributed by atoms with Crippen LogP contribution in [0.3, 0.4) is 0 Å². The van der Waals surface area contributed by atoms with Crippen molar-refractivity contribution in [2.45, 2.75) is 43.5 Å². The molecule has 1 heterocycles. The van der Waals surface area contributed by atoms with Gasteiger partial charge in [-0.15, -0.1) is 0 Å². The molecule has 7 heteroatoms. The summed E-state index contributed by atoms with van der Waals surface area (Å²) in [5.74, 6) is -1.75. The van der Waals surface area contributed by atoms with Crippen LogP contribution in [0.15, 0.2) is 29.3 Å². The zero-order valence-corrected chi connectivity index (χ0v) is 12.7. The van der Waals surface area contributed by atoms with Crippen molar-refractivity contribution < 1.29 is 23.1 Å².